The first-order chi connectivity index (χ1) is 24.1. The van der Waals surface area contributed by atoms with Gasteiger partial charge in [0.25, 0.3) is 0 Å². The van der Waals surface area contributed by atoms with Gasteiger partial charge >= 0.3 is 23.9 Å². The van der Waals surface area contributed by atoms with E-state index in [0.29, 0.717) is 22.3 Å². The second-order valence-corrected chi connectivity index (χ2v) is 11.4. The fourth-order valence-electron chi connectivity index (χ4n) is 4.18. The van der Waals surface area contributed by atoms with E-state index in [2.05, 4.69) is 0 Å². The molecule has 4 aromatic rings. The molecule has 10 nitrogen and oxygen atoms in total. The first kappa shape index (κ1) is 39.1. The molecule has 0 aliphatic carbocycles. The molecule has 0 heterocycles. The zero-order valence-electron chi connectivity index (χ0n) is 28.8. The Bertz CT molecular complexity index is 1520. The van der Waals surface area contributed by atoms with Crippen molar-refractivity contribution in [2.45, 2.75) is 52.1 Å². The first-order valence-corrected chi connectivity index (χ1v) is 16.3. The van der Waals surface area contributed by atoms with E-state index in [1.807, 2.05) is 24.3 Å². The molecule has 0 N–H and O–H groups in total. The van der Waals surface area contributed by atoms with Crippen molar-refractivity contribution >= 4 is 23.9 Å². The van der Waals surface area contributed by atoms with E-state index in [9.17, 15) is 19.2 Å². The van der Waals surface area contributed by atoms with Crippen LogP contribution in [0.1, 0.15) is 69.1 Å². The van der Waals surface area contributed by atoms with Crippen LogP contribution in [0.3, 0.4) is 0 Å². The summed E-state index contributed by atoms with van der Waals surface area (Å²) in [5.41, 5.74) is 2.00. The van der Waals surface area contributed by atoms with Gasteiger partial charge in [0.15, 0.2) is 0 Å². The second kappa shape index (κ2) is 21.6. The van der Waals surface area contributed by atoms with Gasteiger partial charge in [-0.05, 0) is 76.2 Å². The van der Waals surface area contributed by atoms with Crippen molar-refractivity contribution in [3.05, 3.63) is 144 Å². The topological polar surface area (TPSA) is 124 Å². The molecule has 0 saturated carbocycles. The van der Waals surface area contributed by atoms with Gasteiger partial charge in [-0.2, -0.15) is 0 Å². The normalized spacial score (nSPS) is 12.9. The summed E-state index contributed by atoms with van der Waals surface area (Å²) in [6.45, 7) is 7.86. The molecule has 0 fully saturated rings. The van der Waals surface area contributed by atoms with Gasteiger partial charge in [-0.25, -0.2) is 19.2 Å². The number of hydrogen-bond acceptors (Lipinski definition) is 10. The predicted octanol–water partition coefficient (Wildman–Crippen LogP) is 6.99. The Hall–Kier alpha value is -5.32. The number of ether oxygens (including phenoxy) is 6. The van der Waals surface area contributed by atoms with Crippen molar-refractivity contribution in [2.24, 2.45) is 0 Å². The van der Waals surface area contributed by atoms with Crippen molar-refractivity contribution in [3.63, 3.8) is 0 Å². The van der Waals surface area contributed by atoms with Gasteiger partial charge in [-0.1, -0.05) is 72.8 Å². The van der Waals surface area contributed by atoms with Gasteiger partial charge in [-0.15, -0.1) is 0 Å². The largest absolute Gasteiger partial charge is 0.459 e. The van der Waals surface area contributed by atoms with Crippen LogP contribution in [-0.4, -0.2) is 74.7 Å². The fourth-order valence-corrected chi connectivity index (χ4v) is 4.18. The van der Waals surface area contributed by atoms with Crippen LogP contribution in [0.5, 0.6) is 0 Å². The third-order valence-electron chi connectivity index (χ3n) is 6.73. The number of rotatable bonds is 16. The Balaban J connectivity index is 0.000000270. The van der Waals surface area contributed by atoms with E-state index >= 15 is 0 Å². The maximum absolute atomic E-state index is 11.9. The summed E-state index contributed by atoms with van der Waals surface area (Å²) in [6, 6.07) is 35.1. The molecule has 10 heteroatoms. The average molecular weight is 685 g/mol. The van der Waals surface area contributed by atoms with Gasteiger partial charge in [0.05, 0.1) is 48.2 Å². The Morgan fingerprint density at radius 1 is 0.400 bits per heavy atom. The summed E-state index contributed by atoms with van der Waals surface area (Å²) < 4.78 is 32.2. The monoisotopic (exact) mass is 684 g/mol. The molecule has 4 aromatic carbocycles. The lowest BCUT2D eigenvalue weighted by Gasteiger charge is -2.17. The number of carbonyl (C=O) groups is 4. The van der Waals surface area contributed by atoms with Gasteiger partial charge in [0, 0.05) is 0 Å². The molecule has 0 aliphatic heterocycles. The third kappa shape index (κ3) is 14.8. The molecule has 0 bridgehead atoms. The molecular weight excluding hydrogens is 640 g/mol. The quantitative estimate of drug-likeness (QED) is 0.0901. The number of carbonyl (C=O) groups excluding carboxylic acids is 4. The molecule has 0 spiro atoms. The van der Waals surface area contributed by atoms with E-state index in [1.54, 1.807) is 125 Å². The highest BCUT2D eigenvalue weighted by Gasteiger charge is 2.16. The van der Waals surface area contributed by atoms with Crippen molar-refractivity contribution in [2.75, 3.05) is 26.4 Å². The zero-order valence-corrected chi connectivity index (χ0v) is 28.8. The van der Waals surface area contributed by atoms with E-state index < -0.39 is 18.3 Å². The molecule has 50 heavy (non-hydrogen) atoms. The summed E-state index contributed by atoms with van der Waals surface area (Å²) in [6.07, 6.45) is -1.50. The first-order valence-electron chi connectivity index (χ1n) is 16.3. The molecule has 0 amide bonds. The Kier molecular flexibility index (Phi) is 16.9. The molecule has 264 valence electrons. The Morgan fingerprint density at radius 3 is 1.04 bits per heavy atom. The van der Waals surface area contributed by atoms with E-state index in [0.717, 1.165) is 0 Å². The molecule has 4 rings (SSSR count). The molecule has 0 aliphatic rings. The minimum Gasteiger partial charge on any atom is -0.459 e. The second-order valence-electron chi connectivity index (χ2n) is 11.4. The van der Waals surface area contributed by atoms with Crippen molar-refractivity contribution in [1.29, 1.82) is 0 Å². The molecule has 4 atom stereocenters. The zero-order chi connectivity index (χ0) is 36.1. The van der Waals surface area contributed by atoms with E-state index in [1.165, 1.54) is 0 Å². The smallest absolute Gasteiger partial charge is 0.338 e. The molecule has 4 unspecified atom stereocenters. The van der Waals surface area contributed by atoms with Crippen LogP contribution in [0.2, 0.25) is 0 Å². The maximum Gasteiger partial charge on any atom is 0.338 e. The third-order valence-corrected chi connectivity index (χ3v) is 6.73. The number of hydrogen-bond donors (Lipinski definition) is 0. The minimum atomic E-state index is -0.403. The molecular formula is C40H44O10. The van der Waals surface area contributed by atoms with Crippen molar-refractivity contribution < 1.29 is 47.6 Å². The van der Waals surface area contributed by atoms with Gasteiger partial charge in [0.1, 0.15) is 24.9 Å². The standard InChI is InChI=1S/2C20H22O5/c1-15(13-24-19(21)17-9-5-3-6-10-17)23-14-16(2)25-20(22)18-11-7-4-8-12-18;1-15(24-19(21)17-9-5-3-6-10-17)13-23-14-16(2)25-20(22)18-11-7-4-8-12-18/h2*3-12,15-16H,13-14H2,1-2H3. The maximum atomic E-state index is 11.9. The summed E-state index contributed by atoms with van der Waals surface area (Å²) in [7, 11) is 0. The fraction of sp³-hybridized carbons (Fsp3) is 0.300. The lowest BCUT2D eigenvalue weighted by molar-refractivity contribution is -0.0380. The van der Waals surface area contributed by atoms with Crippen molar-refractivity contribution in [3.8, 4) is 0 Å². The summed E-state index contributed by atoms with van der Waals surface area (Å²) >= 11 is 0. The average Bonchev–Trinajstić information content (AvgIpc) is 3.14. The highest BCUT2D eigenvalue weighted by atomic mass is 16.6. The predicted molar refractivity (Wildman–Crippen MR) is 187 cm³/mol. The number of esters is 4. The summed E-state index contributed by atoms with van der Waals surface area (Å²) in [5, 5.41) is 0. The van der Waals surface area contributed by atoms with Crippen LogP contribution in [0, 0.1) is 0 Å². The van der Waals surface area contributed by atoms with Crippen LogP contribution in [0.4, 0.5) is 0 Å². The number of benzene rings is 4. The summed E-state index contributed by atoms with van der Waals surface area (Å²) in [5.74, 6) is -1.56. The summed E-state index contributed by atoms with van der Waals surface area (Å²) in [4.78, 5) is 47.6. The van der Waals surface area contributed by atoms with Gasteiger partial charge in [0.2, 0.25) is 0 Å². The van der Waals surface area contributed by atoms with Gasteiger partial charge in [-0.3, -0.25) is 0 Å². The van der Waals surface area contributed by atoms with Crippen LogP contribution >= 0.6 is 0 Å². The molecule has 0 saturated heterocycles. The highest BCUT2D eigenvalue weighted by Crippen LogP contribution is 2.08. The van der Waals surface area contributed by atoms with Crippen LogP contribution < -0.4 is 0 Å². The van der Waals surface area contributed by atoms with Crippen LogP contribution in [0.25, 0.3) is 0 Å². The lowest BCUT2D eigenvalue weighted by Crippen LogP contribution is -2.26. The minimum absolute atomic E-state index is 0.132. The SMILES string of the molecule is CC(COC(=O)c1ccccc1)OCC(C)OC(=O)c1ccccc1.CC(COCC(C)OC(=O)c1ccccc1)OC(=O)c1ccccc1. The highest BCUT2D eigenvalue weighted by molar-refractivity contribution is 5.90. The molecule has 0 radical (unpaired) electrons. The van der Waals surface area contributed by atoms with Crippen molar-refractivity contribution in [1.82, 2.24) is 0 Å². The molecule has 0 aromatic heterocycles. The lowest BCUT2D eigenvalue weighted by atomic mass is 10.2. The Morgan fingerprint density at radius 2 is 0.700 bits per heavy atom. The van der Waals surface area contributed by atoms with Crippen LogP contribution in [-0.2, 0) is 28.4 Å². The Labute approximate surface area is 293 Å². The van der Waals surface area contributed by atoms with E-state index in [-0.39, 0.29) is 56.4 Å². The van der Waals surface area contributed by atoms with Crippen LogP contribution in [0.15, 0.2) is 121 Å². The van der Waals surface area contributed by atoms with Gasteiger partial charge < -0.3 is 28.4 Å². The van der Waals surface area contributed by atoms with E-state index in [4.69, 9.17) is 28.4 Å².